The van der Waals surface area contributed by atoms with Crippen molar-refractivity contribution in [1.29, 1.82) is 0 Å². The molecule has 0 aliphatic carbocycles. The van der Waals surface area contributed by atoms with E-state index in [-0.39, 0.29) is 35.4 Å². The van der Waals surface area contributed by atoms with Crippen molar-refractivity contribution >= 4 is 44.6 Å². The zero-order valence-electron chi connectivity index (χ0n) is 34.1. The van der Waals surface area contributed by atoms with E-state index in [2.05, 4.69) is 11.9 Å². The largest absolute Gasteiger partial charge is 0.394 e. The third-order valence-electron chi connectivity index (χ3n) is 10.9. The SMILES string of the molecule is CC[C@H](c1ccccc1)n1c(C)nc2ccc(N(C)c3ccc(F)cc3)cc2c1=O.Cc1nc2ccc(N(C)c3ccc(F)cc3)cc2c(=O)n1[C@H](CO)c1ccccc1. The van der Waals surface area contributed by atoms with Crippen molar-refractivity contribution in [3.63, 3.8) is 0 Å². The highest BCUT2D eigenvalue weighted by Crippen LogP contribution is 2.29. The van der Waals surface area contributed by atoms with Gasteiger partial charge in [0.25, 0.3) is 11.1 Å². The van der Waals surface area contributed by atoms with Gasteiger partial charge in [-0.25, -0.2) is 18.7 Å². The average Bonchev–Trinajstić information content (AvgIpc) is 3.27. The number of fused-ring (bicyclic) bond motifs is 2. The van der Waals surface area contributed by atoms with Crippen LogP contribution in [0.5, 0.6) is 0 Å². The van der Waals surface area contributed by atoms with Gasteiger partial charge in [-0.15, -0.1) is 0 Å². The molecule has 8 rings (SSSR count). The molecule has 0 fully saturated rings. The van der Waals surface area contributed by atoms with Crippen LogP contribution in [-0.2, 0) is 0 Å². The summed E-state index contributed by atoms with van der Waals surface area (Å²) in [5.74, 6) is 0.654. The fraction of sp³-hybridized carbons (Fsp3) is 0.184. The first-order valence-electron chi connectivity index (χ1n) is 19.7. The summed E-state index contributed by atoms with van der Waals surface area (Å²) >= 11 is 0. The van der Waals surface area contributed by atoms with Crippen LogP contribution in [0.25, 0.3) is 21.8 Å². The number of aliphatic hydroxyl groups is 1. The van der Waals surface area contributed by atoms with Gasteiger partial charge >= 0.3 is 0 Å². The highest BCUT2D eigenvalue weighted by atomic mass is 19.1. The lowest BCUT2D eigenvalue weighted by Crippen LogP contribution is -2.30. The summed E-state index contributed by atoms with van der Waals surface area (Å²) in [4.78, 5) is 40.1. The molecule has 2 atom stereocenters. The van der Waals surface area contributed by atoms with Gasteiger partial charge in [-0.3, -0.25) is 18.7 Å². The molecule has 0 aliphatic rings. The Kier molecular flexibility index (Phi) is 12.3. The van der Waals surface area contributed by atoms with Gasteiger partial charge in [-0.1, -0.05) is 67.6 Å². The van der Waals surface area contributed by atoms with E-state index >= 15 is 0 Å². The molecule has 60 heavy (non-hydrogen) atoms. The molecule has 0 aliphatic heterocycles. The van der Waals surface area contributed by atoms with Gasteiger partial charge < -0.3 is 14.9 Å². The molecule has 304 valence electrons. The van der Waals surface area contributed by atoms with Crippen LogP contribution in [0.15, 0.2) is 155 Å². The first-order chi connectivity index (χ1) is 29.0. The van der Waals surface area contributed by atoms with Crippen molar-refractivity contribution in [3.05, 3.63) is 201 Å². The Balaban J connectivity index is 0.000000181. The van der Waals surface area contributed by atoms with E-state index in [1.807, 2.05) is 116 Å². The molecule has 8 aromatic rings. The Hall–Kier alpha value is -6.98. The number of halogens is 2. The van der Waals surface area contributed by atoms with Crippen molar-refractivity contribution < 1.29 is 13.9 Å². The summed E-state index contributed by atoms with van der Waals surface area (Å²) in [7, 11) is 3.75. The molecule has 6 aromatic carbocycles. The highest BCUT2D eigenvalue weighted by molar-refractivity contribution is 5.84. The van der Waals surface area contributed by atoms with Crippen LogP contribution in [0.4, 0.5) is 31.5 Å². The zero-order valence-corrected chi connectivity index (χ0v) is 34.1. The normalized spacial score (nSPS) is 12.1. The molecule has 1 N–H and O–H groups in total. The number of nitrogens with zero attached hydrogens (tertiary/aromatic N) is 6. The minimum Gasteiger partial charge on any atom is -0.394 e. The second-order valence-electron chi connectivity index (χ2n) is 14.6. The van der Waals surface area contributed by atoms with Crippen molar-refractivity contribution in [2.24, 2.45) is 0 Å². The van der Waals surface area contributed by atoms with Crippen LogP contribution >= 0.6 is 0 Å². The number of benzene rings is 6. The zero-order chi connectivity index (χ0) is 42.5. The maximum atomic E-state index is 13.5. The Bertz CT molecular complexity index is 2670. The summed E-state index contributed by atoms with van der Waals surface area (Å²) < 4.78 is 29.9. The summed E-state index contributed by atoms with van der Waals surface area (Å²) in [5, 5.41) is 11.1. The van der Waals surface area contributed by atoms with E-state index in [0.717, 1.165) is 40.3 Å². The van der Waals surface area contributed by atoms with Crippen LogP contribution in [0.2, 0.25) is 0 Å². The number of aliphatic hydroxyl groups excluding tert-OH is 1. The van der Waals surface area contributed by atoms with E-state index < -0.39 is 6.04 Å². The van der Waals surface area contributed by atoms with Crippen LogP contribution in [0, 0.1) is 25.5 Å². The second kappa shape index (κ2) is 17.9. The van der Waals surface area contributed by atoms with Crippen molar-refractivity contribution in [2.75, 3.05) is 30.5 Å². The predicted molar refractivity (Wildman–Crippen MR) is 237 cm³/mol. The molecule has 11 heteroatoms. The predicted octanol–water partition coefficient (Wildman–Crippen LogP) is 9.80. The van der Waals surface area contributed by atoms with Gasteiger partial charge in [0.1, 0.15) is 23.3 Å². The Morgan fingerprint density at radius 1 is 0.550 bits per heavy atom. The number of hydrogen-bond acceptors (Lipinski definition) is 7. The highest BCUT2D eigenvalue weighted by Gasteiger charge is 2.21. The van der Waals surface area contributed by atoms with Gasteiger partial charge in [0, 0.05) is 36.8 Å². The lowest BCUT2D eigenvalue weighted by atomic mass is 10.0. The summed E-state index contributed by atoms with van der Waals surface area (Å²) in [5.41, 5.74) is 6.19. The maximum absolute atomic E-state index is 13.5. The van der Waals surface area contributed by atoms with Crippen LogP contribution < -0.4 is 20.9 Å². The molecule has 2 heterocycles. The Labute approximate surface area is 347 Å². The summed E-state index contributed by atoms with van der Waals surface area (Å²) in [6, 6.07) is 42.4. The molecule has 0 amide bonds. The van der Waals surface area contributed by atoms with Crippen molar-refractivity contribution in [1.82, 2.24) is 19.1 Å². The number of anilines is 4. The lowest BCUT2D eigenvalue weighted by molar-refractivity contribution is 0.245. The Morgan fingerprint density at radius 2 is 0.917 bits per heavy atom. The quantitative estimate of drug-likeness (QED) is 0.147. The summed E-state index contributed by atoms with van der Waals surface area (Å²) in [6.07, 6.45) is 0.785. The molecule has 9 nitrogen and oxygen atoms in total. The minimum absolute atomic E-state index is 0.0532. The molecule has 0 saturated carbocycles. The van der Waals surface area contributed by atoms with E-state index in [1.165, 1.54) is 24.3 Å². The third-order valence-corrected chi connectivity index (χ3v) is 10.9. The second-order valence-corrected chi connectivity index (χ2v) is 14.6. The number of rotatable bonds is 10. The molecule has 2 aromatic heterocycles. The fourth-order valence-electron chi connectivity index (χ4n) is 7.63. The van der Waals surface area contributed by atoms with Gasteiger partial charge in [-0.2, -0.15) is 0 Å². The standard InChI is InChI=1S/C25H24FN3O.C24H22FN3O2/c1-4-24(18-8-6-5-7-9-18)29-17(2)27-23-15-14-21(16-22(23)25(29)30)28(3)20-12-10-19(26)11-13-20;1-16-26-22-13-12-20(27(2)19-10-8-18(25)9-11-19)14-21(22)24(30)28(16)23(15-29)17-6-4-3-5-7-17/h5-16,24H,4H2,1-3H3;3-14,23,29H,15H2,1-2H3/t24-;23-/m11/s1. The molecule has 0 spiro atoms. The van der Waals surface area contributed by atoms with Gasteiger partial charge in [0.15, 0.2) is 0 Å². The van der Waals surface area contributed by atoms with E-state index in [1.54, 1.807) is 52.5 Å². The first-order valence-corrected chi connectivity index (χ1v) is 19.7. The van der Waals surface area contributed by atoms with Crippen molar-refractivity contribution in [2.45, 2.75) is 39.3 Å². The Morgan fingerprint density at radius 3 is 1.30 bits per heavy atom. The number of aryl methyl sites for hydroxylation is 2. The topological polar surface area (TPSA) is 96.5 Å². The molecule has 0 saturated heterocycles. The van der Waals surface area contributed by atoms with E-state index in [0.29, 0.717) is 33.5 Å². The van der Waals surface area contributed by atoms with Gasteiger partial charge in [0.05, 0.1) is 40.5 Å². The monoisotopic (exact) mass is 804 g/mol. The average molecular weight is 805 g/mol. The molecule has 0 unspecified atom stereocenters. The molecule has 0 bridgehead atoms. The molecule has 0 radical (unpaired) electrons. The summed E-state index contributed by atoms with van der Waals surface area (Å²) in [6.45, 7) is 5.51. The van der Waals surface area contributed by atoms with E-state index in [4.69, 9.17) is 4.98 Å². The number of aromatic nitrogens is 4. The fourth-order valence-corrected chi connectivity index (χ4v) is 7.63. The van der Waals surface area contributed by atoms with Crippen LogP contribution in [0.3, 0.4) is 0 Å². The molecular weight excluding hydrogens is 759 g/mol. The van der Waals surface area contributed by atoms with E-state index in [9.17, 15) is 23.5 Å². The third kappa shape index (κ3) is 8.43. The smallest absolute Gasteiger partial charge is 0.262 e. The van der Waals surface area contributed by atoms with Gasteiger partial charge in [-0.05, 0) is 116 Å². The van der Waals surface area contributed by atoms with Crippen LogP contribution in [0.1, 0.15) is 48.2 Å². The number of hydrogen-bond donors (Lipinski definition) is 1. The lowest BCUT2D eigenvalue weighted by Gasteiger charge is -2.23. The van der Waals surface area contributed by atoms with Gasteiger partial charge in [0.2, 0.25) is 0 Å². The maximum Gasteiger partial charge on any atom is 0.262 e. The van der Waals surface area contributed by atoms with Crippen LogP contribution in [-0.4, -0.2) is 44.9 Å². The minimum atomic E-state index is -0.519. The molecular formula is C49H46F2N6O3. The van der Waals surface area contributed by atoms with Crippen molar-refractivity contribution in [3.8, 4) is 0 Å². The first kappa shape index (κ1) is 41.2.